The molecule has 1 N–H and O–H groups in total. The third-order valence-corrected chi connectivity index (χ3v) is 2.25. The van der Waals surface area contributed by atoms with Crippen LogP contribution in [0, 0.1) is 0 Å². The Morgan fingerprint density at radius 3 is 2.18 bits per heavy atom. The average molecular weight is 244 g/mol. The summed E-state index contributed by atoms with van der Waals surface area (Å²) in [6.07, 6.45) is 4.39. The number of ether oxygens (including phenoxy) is 1. The zero-order valence-corrected chi connectivity index (χ0v) is 10.2. The fourth-order valence-electron chi connectivity index (χ4n) is 1.43. The molecule has 0 aromatic heterocycles. The van der Waals surface area contributed by atoms with Crippen molar-refractivity contribution in [2.75, 3.05) is 6.61 Å². The van der Waals surface area contributed by atoms with Gasteiger partial charge in [0.15, 0.2) is 0 Å². The number of carbonyl (C=O) groups is 3. The molecule has 0 atom stereocenters. The van der Waals surface area contributed by atoms with Gasteiger partial charge in [-0.25, -0.2) is 0 Å². The minimum atomic E-state index is -1.06. The lowest BCUT2D eigenvalue weighted by atomic mass is 10.1. The van der Waals surface area contributed by atoms with Gasteiger partial charge in [0.25, 0.3) is 0 Å². The first-order valence-electron chi connectivity index (χ1n) is 5.89. The van der Waals surface area contributed by atoms with Crippen molar-refractivity contribution in [2.24, 2.45) is 0 Å². The fourth-order valence-corrected chi connectivity index (χ4v) is 1.43. The van der Waals surface area contributed by atoms with E-state index >= 15 is 0 Å². The van der Waals surface area contributed by atoms with Crippen LogP contribution < -0.4 is 0 Å². The Morgan fingerprint density at radius 1 is 1.00 bits per heavy atom. The summed E-state index contributed by atoms with van der Waals surface area (Å²) in [5.41, 5.74) is 0. The van der Waals surface area contributed by atoms with Gasteiger partial charge in [-0.05, 0) is 12.8 Å². The third kappa shape index (κ3) is 12.5. The van der Waals surface area contributed by atoms with Gasteiger partial charge in [0.1, 0.15) is 12.2 Å². The van der Waals surface area contributed by atoms with Gasteiger partial charge in [-0.2, -0.15) is 0 Å². The first-order valence-corrected chi connectivity index (χ1v) is 5.89. The number of hydrogen-bond donors (Lipinski definition) is 1. The molecule has 0 aliphatic rings. The van der Waals surface area contributed by atoms with Crippen LogP contribution in [0.2, 0.25) is 0 Å². The van der Waals surface area contributed by atoms with Crippen LogP contribution in [0.15, 0.2) is 0 Å². The Morgan fingerprint density at radius 2 is 1.59 bits per heavy atom. The van der Waals surface area contributed by atoms with Gasteiger partial charge in [0.2, 0.25) is 0 Å². The topological polar surface area (TPSA) is 80.7 Å². The summed E-state index contributed by atoms with van der Waals surface area (Å²) in [6, 6.07) is 0. The van der Waals surface area contributed by atoms with E-state index in [2.05, 4.69) is 0 Å². The molecule has 0 bridgehead atoms. The molecule has 0 amide bonds. The van der Waals surface area contributed by atoms with Crippen LogP contribution in [0.3, 0.4) is 0 Å². The first kappa shape index (κ1) is 15.6. The van der Waals surface area contributed by atoms with Crippen molar-refractivity contribution in [1.82, 2.24) is 0 Å². The predicted molar refractivity (Wildman–Crippen MR) is 61.6 cm³/mol. The molecule has 0 aromatic carbocycles. The van der Waals surface area contributed by atoms with Crippen molar-refractivity contribution in [2.45, 2.75) is 51.9 Å². The predicted octanol–water partition coefficient (Wildman–Crippen LogP) is 1.93. The second kappa shape index (κ2) is 9.81. The molecule has 0 saturated carbocycles. The molecule has 0 aliphatic heterocycles. The monoisotopic (exact) mass is 244 g/mol. The number of rotatable bonds is 10. The first-order chi connectivity index (χ1) is 8.02. The van der Waals surface area contributed by atoms with Crippen LogP contribution in [0.25, 0.3) is 0 Å². The van der Waals surface area contributed by atoms with Gasteiger partial charge in [0, 0.05) is 13.3 Å². The van der Waals surface area contributed by atoms with E-state index in [-0.39, 0.29) is 18.2 Å². The highest BCUT2D eigenvalue weighted by Gasteiger charge is 2.06. The molecule has 0 aromatic rings. The van der Waals surface area contributed by atoms with Crippen molar-refractivity contribution >= 4 is 17.7 Å². The summed E-state index contributed by atoms with van der Waals surface area (Å²) >= 11 is 0. The molecule has 17 heavy (non-hydrogen) atoms. The average Bonchev–Trinajstić information content (AvgIpc) is 2.20. The zero-order chi connectivity index (χ0) is 13.1. The molecule has 5 nitrogen and oxygen atoms in total. The minimum absolute atomic E-state index is 0.211. The van der Waals surface area contributed by atoms with Crippen LogP contribution in [-0.2, 0) is 19.1 Å². The summed E-state index contributed by atoms with van der Waals surface area (Å²) < 4.78 is 4.77. The highest BCUT2D eigenvalue weighted by molar-refractivity contribution is 5.94. The van der Waals surface area contributed by atoms with E-state index < -0.39 is 5.97 Å². The van der Waals surface area contributed by atoms with Crippen LogP contribution in [-0.4, -0.2) is 29.4 Å². The number of esters is 1. The van der Waals surface area contributed by atoms with Gasteiger partial charge in [-0.3, -0.25) is 14.4 Å². The van der Waals surface area contributed by atoms with Gasteiger partial charge in [0.05, 0.1) is 6.61 Å². The summed E-state index contributed by atoms with van der Waals surface area (Å²) in [5, 5.41) is 8.37. The number of ketones is 1. The van der Waals surface area contributed by atoms with Gasteiger partial charge >= 0.3 is 11.9 Å². The number of Topliss-reactive ketones (excluding diaryl/α,β-unsaturated/α-hetero) is 1. The summed E-state index contributed by atoms with van der Waals surface area (Å²) in [4.78, 5) is 31.7. The van der Waals surface area contributed by atoms with Crippen LogP contribution in [0.5, 0.6) is 0 Å². The standard InChI is InChI=1S/C12H20O5/c1-10(13)17-8-6-4-2-3-5-7-11(14)9-12(15)16/h2-9H2,1H3,(H,15,16). The quantitative estimate of drug-likeness (QED) is 0.361. The lowest BCUT2D eigenvalue weighted by molar-refractivity contribution is -0.142. The Bertz CT molecular complexity index is 260. The van der Waals surface area contributed by atoms with Crippen molar-refractivity contribution < 1.29 is 24.2 Å². The number of unbranched alkanes of at least 4 members (excludes halogenated alkanes) is 4. The van der Waals surface area contributed by atoms with Crippen molar-refractivity contribution in [3.05, 3.63) is 0 Å². The largest absolute Gasteiger partial charge is 0.481 e. The molecule has 5 heteroatoms. The number of aliphatic carboxylic acids is 1. The van der Waals surface area contributed by atoms with E-state index in [4.69, 9.17) is 9.84 Å². The molecule has 0 radical (unpaired) electrons. The van der Waals surface area contributed by atoms with E-state index in [9.17, 15) is 14.4 Å². The molecular weight excluding hydrogens is 224 g/mol. The summed E-state index contributed by atoms with van der Waals surface area (Å²) in [7, 11) is 0. The molecule has 0 rings (SSSR count). The Labute approximate surface area is 101 Å². The summed E-state index contributed by atoms with van der Waals surface area (Å²) in [5.74, 6) is -1.53. The zero-order valence-electron chi connectivity index (χ0n) is 10.2. The Hall–Kier alpha value is -1.39. The Balaban J connectivity index is 3.21. The minimum Gasteiger partial charge on any atom is -0.481 e. The highest BCUT2D eigenvalue weighted by Crippen LogP contribution is 2.07. The van der Waals surface area contributed by atoms with Crippen molar-refractivity contribution in [3.63, 3.8) is 0 Å². The van der Waals surface area contributed by atoms with E-state index in [1.807, 2.05) is 0 Å². The van der Waals surface area contributed by atoms with Crippen LogP contribution in [0.4, 0.5) is 0 Å². The smallest absolute Gasteiger partial charge is 0.310 e. The van der Waals surface area contributed by atoms with Gasteiger partial charge < -0.3 is 9.84 Å². The second-order valence-electron chi connectivity index (χ2n) is 3.97. The maximum Gasteiger partial charge on any atom is 0.310 e. The highest BCUT2D eigenvalue weighted by atomic mass is 16.5. The molecule has 0 unspecified atom stereocenters. The third-order valence-electron chi connectivity index (χ3n) is 2.25. The van der Waals surface area contributed by atoms with E-state index in [1.54, 1.807) is 0 Å². The lowest BCUT2D eigenvalue weighted by Gasteiger charge is -2.02. The number of carboxylic acids is 1. The van der Waals surface area contributed by atoms with Crippen LogP contribution in [0.1, 0.15) is 51.9 Å². The van der Waals surface area contributed by atoms with E-state index in [0.717, 1.165) is 32.1 Å². The maximum atomic E-state index is 11.0. The number of hydrogen-bond acceptors (Lipinski definition) is 4. The van der Waals surface area contributed by atoms with Gasteiger partial charge in [-0.1, -0.05) is 19.3 Å². The molecule has 0 heterocycles. The maximum absolute atomic E-state index is 11.0. The van der Waals surface area contributed by atoms with Crippen LogP contribution >= 0.6 is 0 Å². The molecule has 0 saturated heterocycles. The Kier molecular flexibility index (Phi) is 9.01. The molecule has 0 fully saturated rings. The van der Waals surface area contributed by atoms with Crippen molar-refractivity contribution in [3.8, 4) is 0 Å². The normalized spacial score (nSPS) is 9.94. The molecule has 0 aliphatic carbocycles. The number of carbonyl (C=O) groups excluding carboxylic acids is 2. The molecule has 0 spiro atoms. The van der Waals surface area contributed by atoms with Crippen molar-refractivity contribution in [1.29, 1.82) is 0 Å². The summed E-state index contributed by atoms with van der Waals surface area (Å²) in [6.45, 7) is 1.83. The molecular formula is C12H20O5. The number of carboxylic acid groups (broad SMARTS) is 1. The molecule has 98 valence electrons. The van der Waals surface area contributed by atoms with Gasteiger partial charge in [-0.15, -0.1) is 0 Å². The van der Waals surface area contributed by atoms with E-state index in [1.165, 1.54) is 6.92 Å². The lowest BCUT2D eigenvalue weighted by Crippen LogP contribution is -2.06. The van der Waals surface area contributed by atoms with E-state index in [0.29, 0.717) is 13.0 Å². The fraction of sp³-hybridized carbons (Fsp3) is 0.750. The second-order valence-corrected chi connectivity index (χ2v) is 3.97. The SMILES string of the molecule is CC(=O)OCCCCCCCC(=O)CC(=O)O.